The lowest BCUT2D eigenvalue weighted by Crippen LogP contribution is -2.51. The molecule has 1 unspecified atom stereocenters. The largest absolute Gasteiger partial charge is 0.444 e. The predicted octanol–water partition coefficient (Wildman–Crippen LogP) is 3.42. The van der Waals surface area contributed by atoms with E-state index < -0.39 is 34.6 Å². The van der Waals surface area contributed by atoms with Crippen LogP contribution in [0.1, 0.15) is 41.0 Å². The van der Waals surface area contributed by atoms with Crippen LogP contribution in [-0.4, -0.2) is 27.9 Å². The molecule has 0 radical (unpaired) electrons. The molecule has 1 aromatic carbocycles. The van der Waals surface area contributed by atoms with E-state index in [1.807, 2.05) is 13.8 Å². The number of rotatable bonds is 6. The predicted molar refractivity (Wildman–Crippen MR) is 98.6 cm³/mol. The molecular weight excluding hydrogens is 364 g/mol. The van der Waals surface area contributed by atoms with Gasteiger partial charge in [-0.15, -0.1) is 0 Å². The van der Waals surface area contributed by atoms with Gasteiger partial charge in [0.1, 0.15) is 11.6 Å². The third-order valence-corrected chi connectivity index (χ3v) is 4.67. The Labute approximate surface area is 156 Å². The fraction of sp³-hybridized carbons (Fsp3) is 0.529. The number of ether oxygens (including phenoxy) is 1. The molecule has 0 fully saturated rings. The fourth-order valence-electron chi connectivity index (χ4n) is 1.93. The molecule has 0 saturated heterocycles. The normalized spacial score (nSPS) is 15.0. The van der Waals surface area contributed by atoms with E-state index in [1.54, 1.807) is 39.0 Å². The molecule has 0 spiro atoms. The molecule has 0 aromatic heterocycles. The number of amides is 2. The van der Waals surface area contributed by atoms with Crippen molar-refractivity contribution in [2.24, 2.45) is 5.92 Å². The number of hydrogen-bond donors (Lipinski definition) is 2. The number of hydrogen-bond acceptors (Lipinski definition) is 4. The SMILES string of the molecule is CC[C@H](C)[C@H](NC(=O)OC(C)(C)C)C(=O)NS(=O)c1cccc(Cl)c1. The summed E-state index contributed by atoms with van der Waals surface area (Å²) in [4.78, 5) is 24.9. The summed E-state index contributed by atoms with van der Waals surface area (Å²) in [5.41, 5.74) is -0.676. The van der Waals surface area contributed by atoms with E-state index in [0.29, 0.717) is 16.3 Å². The van der Waals surface area contributed by atoms with Crippen molar-refractivity contribution in [2.75, 3.05) is 0 Å². The zero-order chi connectivity index (χ0) is 19.2. The number of benzene rings is 1. The van der Waals surface area contributed by atoms with Crippen molar-refractivity contribution in [3.05, 3.63) is 29.3 Å². The summed E-state index contributed by atoms with van der Waals surface area (Å²) < 4.78 is 19.9. The van der Waals surface area contributed by atoms with Crippen LogP contribution in [0.15, 0.2) is 29.2 Å². The molecule has 0 saturated carbocycles. The lowest BCUT2D eigenvalue weighted by molar-refractivity contribution is -0.122. The van der Waals surface area contributed by atoms with Gasteiger partial charge in [0, 0.05) is 5.02 Å². The van der Waals surface area contributed by atoms with Crippen LogP contribution in [0.5, 0.6) is 0 Å². The Morgan fingerprint density at radius 3 is 2.48 bits per heavy atom. The maximum absolute atomic E-state index is 12.5. The second-order valence-corrected chi connectivity index (χ2v) is 8.35. The van der Waals surface area contributed by atoms with Crippen LogP contribution < -0.4 is 10.0 Å². The van der Waals surface area contributed by atoms with Gasteiger partial charge in [0.2, 0.25) is 0 Å². The summed E-state index contributed by atoms with van der Waals surface area (Å²) >= 11 is 5.87. The van der Waals surface area contributed by atoms with Crippen molar-refractivity contribution in [1.82, 2.24) is 10.0 Å². The zero-order valence-electron chi connectivity index (χ0n) is 15.1. The fourth-order valence-corrected chi connectivity index (χ4v) is 3.05. The Morgan fingerprint density at radius 1 is 1.32 bits per heavy atom. The number of nitrogens with one attached hydrogen (secondary N) is 2. The molecule has 0 aliphatic heterocycles. The van der Waals surface area contributed by atoms with Gasteiger partial charge in [0.15, 0.2) is 11.0 Å². The maximum atomic E-state index is 12.5. The lowest BCUT2D eigenvalue weighted by atomic mass is 9.99. The van der Waals surface area contributed by atoms with Crippen molar-refractivity contribution < 1.29 is 18.5 Å². The minimum Gasteiger partial charge on any atom is -0.444 e. The lowest BCUT2D eigenvalue weighted by Gasteiger charge is -2.26. The number of halogens is 1. The molecular formula is C17H25ClN2O4S. The van der Waals surface area contributed by atoms with Crippen LogP contribution in [-0.2, 0) is 20.5 Å². The van der Waals surface area contributed by atoms with Crippen molar-refractivity contribution in [3.8, 4) is 0 Å². The van der Waals surface area contributed by atoms with Gasteiger partial charge < -0.3 is 10.1 Å². The highest BCUT2D eigenvalue weighted by Crippen LogP contribution is 2.15. The summed E-state index contributed by atoms with van der Waals surface area (Å²) in [7, 11) is -1.77. The van der Waals surface area contributed by atoms with Crippen LogP contribution in [0.25, 0.3) is 0 Å². The van der Waals surface area contributed by atoms with E-state index in [4.69, 9.17) is 16.3 Å². The standard InChI is InChI=1S/C17H25ClN2O4S/c1-6-11(2)14(19-16(22)24-17(3,4)5)15(21)20-25(23)13-9-7-8-12(18)10-13/h7-11,14H,6H2,1-5H3,(H,19,22)(H,20,21)/t11-,14-,25?/m0/s1. The van der Waals surface area contributed by atoms with Crippen molar-refractivity contribution in [3.63, 3.8) is 0 Å². The zero-order valence-corrected chi connectivity index (χ0v) is 16.7. The van der Waals surface area contributed by atoms with E-state index >= 15 is 0 Å². The topological polar surface area (TPSA) is 84.5 Å². The molecule has 0 aliphatic carbocycles. The highest BCUT2D eigenvalue weighted by Gasteiger charge is 2.29. The Bertz CT molecular complexity index is 646. The van der Waals surface area contributed by atoms with Gasteiger partial charge in [-0.3, -0.25) is 9.52 Å². The van der Waals surface area contributed by atoms with E-state index in [9.17, 15) is 13.8 Å². The Kier molecular flexibility index (Phi) is 7.89. The van der Waals surface area contributed by atoms with Crippen molar-refractivity contribution >= 4 is 34.6 Å². The summed E-state index contributed by atoms with van der Waals surface area (Å²) in [6.45, 7) is 8.93. The van der Waals surface area contributed by atoms with Gasteiger partial charge in [0.05, 0.1) is 4.90 Å². The van der Waals surface area contributed by atoms with Gasteiger partial charge >= 0.3 is 6.09 Å². The average Bonchev–Trinajstić information content (AvgIpc) is 2.50. The number of alkyl carbamates (subject to hydrolysis) is 1. The quantitative estimate of drug-likeness (QED) is 0.781. The van der Waals surface area contributed by atoms with Gasteiger partial charge in [-0.25, -0.2) is 9.00 Å². The van der Waals surface area contributed by atoms with E-state index in [0.717, 1.165) is 0 Å². The minimum absolute atomic E-state index is 0.163. The highest BCUT2D eigenvalue weighted by molar-refractivity contribution is 7.83. The number of carbonyl (C=O) groups is 2. The summed E-state index contributed by atoms with van der Waals surface area (Å²) in [5, 5.41) is 2.98. The van der Waals surface area contributed by atoms with Gasteiger partial charge in [-0.1, -0.05) is 37.9 Å². The van der Waals surface area contributed by atoms with Gasteiger partial charge in [0.25, 0.3) is 5.91 Å². The van der Waals surface area contributed by atoms with Crippen molar-refractivity contribution in [2.45, 2.75) is 57.6 Å². The molecule has 3 atom stereocenters. The molecule has 0 aliphatic rings. The summed E-state index contributed by atoms with van der Waals surface area (Å²) in [6.07, 6.45) is -0.0426. The number of carbonyl (C=O) groups excluding carboxylic acids is 2. The Balaban J connectivity index is 2.83. The molecule has 0 bridgehead atoms. The van der Waals surface area contributed by atoms with E-state index in [2.05, 4.69) is 10.0 Å². The molecule has 2 amide bonds. The van der Waals surface area contributed by atoms with E-state index in [1.165, 1.54) is 6.07 Å². The average molecular weight is 389 g/mol. The molecule has 8 heteroatoms. The smallest absolute Gasteiger partial charge is 0.408 e. The molecule has 140 valence electrons. The molecule has 1 rings (SSSR count). The first kappa shape index (κ1) is 21.4. The second-order valence-electron chi connectivity index (χ2n) is 6.70. The highest BCUT2D eigenvalue weighted by atomic mass is 35.5. The first-order valence-corrected chi connectivity index (χ1v) is 9.53. The second kappa shape index (κ2) is 9.20. The minimum atomic E-state index is -1.77. The van der Waals surface area contributed by atoms with E-state index in [-0.39, 0.29) is 5.92 Å². The molecule has 0 heterocycles. The maximum Gasteiger partial charge on any atom is 0.408 e. The van der Waals surface area contributed by atoms with Crippen molar-refractivity contribution in [1.29, 1.82) is 0 Å². The molecule has 2 N–H and O–H groups in total. The third kappa shape index (κ3) is 7.44. The van der Waals surface area contributed by atoms with Gasteiger partial charge in [-0.05, 0) is 44.9 Å². The molecule has 1 aromatic rings. The van der Waals surface area contributed by atoms with Crippen LogP contribution in [0.2, 0.25) is 5.02 Å². The Morgan fingerprint density at radius 2 is 1.96 bits per heavy atom. The molecule has 25 heavy (non-hydrogen) atoms. The van der Waals surface area contributed by atoms with Gasteiger partial charge in [-0.2, -0.15) is 0 Å². The molecule has 6 nitrogen and oxygen atoms in total. The van der Waals surface area contributed by atoms with Crippen LogP contribution in [0, 0.1) is 5.92 Å². The third-order valence-electron chi connectivity index (χ3n) is 3.37. The monoisotopic (exact) mass is 388 g/mol. The first-order chi connectivity index (χ1) is 11.5. The Hall–Kier alpha value is -1.60. The van der Waals surface area contributed by atoms with Crippen LogP contribution >= 0.6 is 11.6 Å². The summed E-state index contributed by atoms with van der Waals surface area (Å²) in [6, 6.07) is 5.55. The first-order valence-electron chi connectivity index (χ1n) is 8.01. The van der Waals surface area contributed by atoms with Crippen LogP contribution in [0.4, 0.5) is 4.79 Å². The van der Waals surface area contributed by atoms with Crippen LogP contribution in [0.3, 0.4) is 0 Å². The summed E-state index contributed by atoms with van der Waals surface area (Å²) in [5.74, 6) is -0.706.